The quantitative estimate of drug-likeness (QED) is 0.639. The van der Waals surface area contributed by atoms with Gasteiger partial charge in [-0.25, -0.2) is 9.48 Å². The minimum Gasteiger partial charge on any atom is -0.468 e. The van der Waals surface area contributed by atoms with E-state index in [0.29, 0.717) is 17.0 Å². The van der Waals surface area contributed by atoms with Crippen molar-refractivity contribution in [1.29, 1.82) is 0 Å². The molecule has 2 heterocycles. The highest BCUT2D eigenvalue weighted by molar-refractivity contribution is 5.77. The molecule has 0 saturated carbocycles. The van der Waals surface area contributed by atoms with Crippen molar-refractivity contribution in [3.05, 3.63) is 63.4 Å². The lowest BCUT2D eigenvalue weighted by molar-refractivity contribution is -0.141. The third kappa shape index (κ3) is 3.59. The number of hydrogen-bond acceptors (Lipinski definition) is 6. The van der Waals surface area contributed by atoms with Gasteiger partial charge in [0.15, 0.2) is 5.76 Å². The molecular weight excluding hydrogens is 350 g/mol. The Morgan fingerprint density at radius 1 is 1.15 bits per heavy atom. The van der Waals surface area contributed by atoms with Crippen molar-refractivity contribution in [2.24, 2.45) is 0 Å². The minimum atomic E-state index is -0.710. The molecule has 0 bridgehead atoms. The fourth-order valence-electron chi connectivity index (χ4n) is 2.70. The Hall–Kier alpha value is -3.42. The summed E-state index contributed by atoms with van der Waals surface area (Å²) in [5, 5.41) is 4.37. The van der Waals surface area contributed by atoms with Gasteiger partial charge in [0.05, 0.1) is 13.2 Å². The predicted octanol–water partition coefficient (Wildman–Crippen LogP) is 2.09. The second-order valence-electron chi connectivity index (χ2n) is 6.17. The Morgan fingerprint density at radius 2 is 1.85 bits per heavy atom. The molecule has 0 radical (unpaired) electrons. The van der Waals surface area contributed by atoms with Gasteiger partial charge in [-0.1, -0.05) is 30.3 Å². The largest absolute Gasteiger partial charge is 0.468 e. The maximum absolute atomic E-state index is 12.4. The van der Waals surface area contributed by atoms with Gasteiger partial charge in [-0.05, 0) is 19.9 Å². The zero-order valence-corrected chi connectivity index (χ0v) is 15.2. The summed E-state index contributed by atoms with van der Waals surface area (Å²) in [5.74, 6) is -1.04. The Bertz CT molecular complexity index is 1080. The van der Waals surface area contributed by atoms with Crippen molar-refractivity contribution in [3.63, 3.8) is 0 Å². The standard InChI is InChI=1S/C19H19N3O5/c1-12(2)22-15(23)10-9-14(20-22)17-18(13-7-5-4-6-8-13)27-19(25)21(17)11-16(24)26-3/h4-10,12H,11H2,1-3H3. The maximum Gasteiger partial charge on any atom is 0.420 e. The minimum absolute atomic E-state index is 0.176. The lowest BCUT2D eigenvalue weighted by Crippen LogP contribution is -2.25. The number of carbonyl (C=O) groups is 1. The Balaban J connectivity index is 2.29. The molecule has 27 heavy (non-hydrogen) atoms. The fraction of sp³-hybridized carbons (Fsp3) is 0.263. The number of aromatic nitrogens is 3. The number of hydrogen-bond donors (Lipinski definition) is 0. The number of methoxy groups -OCH3 is 1. The molecule has 8 nitrogen and oxygen atoms in total. The highest BCUT2D eigenvalue weighted by atomic mass is 16.5. The lowest BCUT2D eigenvalue weighted by Gasteiger charge is -2.11. The molecule has 2 aromatic heterocycles. The third-order valence-corrected chi connectivity index (χ3v) is 4.00. The molecule has 0 amide bonds. The average molecular weight is 369 g/mol. The summed E-state index contributed by atoms with van der Waals surface area (Å²) in [7, 11) is 1.24. The number of ether oxygens (including phenoxy) is 1. The van der Waals surface area contributed by atoms with Crippen LogP contribution in [0.4, 0.5) is 0 Å². The molecule has 3 rings (SSSR count). The van der Waals surface area contributed by atoms with Crippen LogP contribution in [0.2, 0.25) is 0 Å². The number of rotatable bonds is 5. The first-order valence-corrected chi connectivity index (χ1v) is 8.38. The molecule has 0 unspecified atom stereocenters. The molecule has 0 aliphatic heterocycles. The van der Waals surface area contributed by atoms with E-state index in [4.69, 9.17) is 4.42 Å². The van der Waals surface area contributed by atoms with Crippen LogP contribution in [-0.2, 0) is 16.1 Å². The molecule has 0 aliphatic carbocycles. The van der Waals surface area contributed by atoms with Crippen LogP contribution in [-0.4, -0.2) is 27.4 Å². The fourth-order valence-corrected chi connectivity index (χ4v) is 2.70. The van der Waals surface area contributed by atoms with Crippen LogP contribution in [0, 0.1) is 0 Å². The topological polar surface area (TPSA) is 96.3 Å². The summed E-state index contributed by atoms with van der Waals surface area (Å²) < 4.78 is 12.6. The number of oxazole rings is 1. The highest BCUT2D eigenvalue weighted by Crippen LogP contribution is 2.30. The molecule has 0 atom stereocenters. The number of esters is 1. The van der Waals surface area contributed by atoms with E-state index in [1.165, 1.54) is 23.9 Å². The van der Waals surface area contributed by atoms with E-state index < -0.39 is 11.7 Å². The van der Waals surface area contributed by atoms with Crippen LogP contribution in [0.5, 0.6) is 0 Å². The molecule has 3 aromatic rings. The van der Waals surface area contributed by atoms with Crippen molar-refractivity contribution in [1.82, 2.24) is 14.3 Å². The monoisotopic (exact) mass is 369 g/mol. The highest BCUT2D eigenvalue weighted by Gasteiger charge is 2.23. The number of nitrogens with zero attached hydrogens (tertiary/aromatic N) is 3. The van der Waals surface area contributed by atoms with E-state index in [-0.39, 0.29) is 23.9 Å². The van der Waals surface area contributed by atoms with Crippen molar-refractivity contribution in [2.45, 2.75) is 26.4 Å². The van der Waals surface area contributed by atoms with Gasteiger partial charge in [-0.3, -0.25) is 14.2 Å². The third-order valence-electron chi connectivity index (χ3n) is 4.00. The van der Waals surface area contributed by atoms with Gasteiger partial charge in [-0.15, -0.1) is 0 Å². The van der Waals surface area contributed by atoms with E-state index in [1.54, 1.807) is 24.3 Å². The Kier molecular flexibility index (Phi) is 5.07. The first-order chi connectivity index (χ1) is 12.9. The maximum atomic E-state index is 12.4. The van der Waals surface area contributed by atoms with Crippen LogP contribution in [0.25, 0.3) is 22.7 Å². The van der Waals surface area contributed by atoms with Gasteiger partial charge in [0.1, 0.15) is 17.9 Å². The van der Waals surface area contributed by atoms with Crippen LogP contribution in [0.15, 0.2) is 56.5 Å². The van der Waals surface area contributed by atoms with Crippen LogP contribution < -0.4 is 11.3 Å². The normalized spacial score (nSPS) is 11.0. The van der Waals surface area contributed by atoms with Crippen molar-refractivity contribution in [3.8, 4) is 22.7 Å². The summed E-state index contributed by atoms with van der Waals surface area (Å²) >= 11 is 0. The van der Waals surface area contributed by atoms with Gasteiger partial charge in [0.25, 0.3) is 5.56 Å². The number of carbonyl (C=O) groups excluding carboxylic acids is 1. The Morgan fingerprint density at radius 3 is 2.48 bits per heavy atom. The average Bonchev–Trinajstić information content (AvgIpc) is 2.99. The molecule has 140 valence electrons. The zero-order chi connectivity index (χ0) is 19.6. The van der Waals surface area contributed by atoms with E-state index in [0.717, 1.165) is 4.57 Å². The summed E-state index contributed by atoms with van der Waals surface area (Å²) in [6.07, 6.45) is 0. The van der Waals surface area contributed by atoms with E-state index >= 15 is 0 Å². The van der Waals surface area contributed by atoms with E-state index in [2.05, 4.69) is 9.84 Å². The molecule has 8 heteroatoms. The Labute approximate surface area is 154 Å². The molecule has 1 aromatic carbocycles. The molecule has 0 spiro atoms. The summed E-state index contributed by atoms with van der Waals surface area (Å²) in [4.78, 5) is 36.3. The van der Waals surface area contributed by atoms with Crippen molar-refractivity contribution >= 4 is 5.97 Å². The second-order valence-corrected chi connectivity index (χ2v) is 6.17. The van der Waals surface area contributed by atoms with Crippen molar-refractivity contribution < 1.29 is 13.9 Å². The number of benzene rings is 1. The molecule has 0 saturated heterocycles. The summed E-state index contributed by atoms with van der Waals surface area (Å²) in [6, 6.07) is 11.7. The van der Waals surface area contributed by atoms with Gasteiger partial charge in [-0.2, -0.15) is 5.10 Å². The van der Waals surface area contributed by atoms with E-state index in [1.807, 2.05) is 19.9 Å². The predicted molar refractivity (Wildman–Crippen MR) is 98.3 cm³/mol. The molecule has 0 fully saturated rings. The van der Waals surface area contributed by atoms with Gasteiger partial charge in [0, 0.05) is 11.6 Å². The van der Waals surface area contributed by atoms with Crippen LogP contribution >= 0.6 is 0 Å². The zero-order valence-electron chi connectivity index (χ0n) is 15.2. The van der Waals surface area contributed by atoms with Crippen LogP contribution in [0.3, 0.4) is 0 Å². The van der Waals surface area contributed by atoms with E-state index in [9.17, 15) is 14.4 Å². The van der Waals surface area contributed by atoms with Gasteiger partial charge in [0.2, 0.25) is 0 Å². The molecular formula is C19H19N3O5. The summed E-state index contributed by atoms with van der Waals surface area (Å²) in [6.45, 7) is 3.32. The van der Waals surface area contributed by atoms with Gasteiger partial charge < -0.3 is 9.15 Å². The van der Waals surface area contributed by atoms with Crippen molar-refractivity contribution in [2.75, 3.05) is 7.11 Å². The first kappa shape index (κ1) is 18.4. The van der Waals surface area contributed by atoms with Crippen LogP contribution in [0.1, 0.15) is 19.9 Å². The molecule has 0 N–H and O–H groups in total. The second kappa shape index (κ2) is 7.45. The molecule has 0 aliphatic rings. The lowest BCUT2D eigenvalue weighted by atomic mass is 10.1. The SMILES string of the molecule is COC(=O)Cn1c(-c2ccc(=O)n(C(C)C)n2)c(-c2ccccc2)oc1=O. The van der Waals surface area contributed by atoms with Gasteiger partial charge >= 0.3 is 11.7 Å². The summed E-state index contributed by atoms with van der Waals surface area (Å²) in [5.41, 5.74) is 1.04. The smallest absolute Gasteiger partial charge is 0.420 e. The first-order valence-electron chi connectivity index (χ1n) is 8.38.